The summed E-state index contributed by atoms with van der Waals surface area (Å²) in [5.74, 6) is 0.521. The van der Waals surface area contributed by atoms with Gasteiger partial charge in [0.2, 0.25) is 0 Å². The van der Waals surface area contributed by atoms with E-state index in [2.05, 4.69) is 28.8 Å². The summed E-state index contributed by atoms with van der Waals surface area (Å²) in [7, 11) is 0. The van der Waals surface area contributed by atoms with Gasteiger partial charge in [0, 0.05) is 41.8 Å². The number of hydrogen-bond acceptors (Lipinski definition) is 6. The van der Waals surface area contributed by atoms with Crippen molar-refractivity contribution in [3.63, 3.8) is 0 Å². The van der Waals surface area contributed by atoms with Crippen molar-refractivity contribution in [1.29, 1.82) is 0 Å². The molecule has 0 aromatic carbocycles. The molecule has 144 valence electrons. The molecule has 0 saturated carbocycles. The van der Waals surface area contributed by atoms with Crippen molar-refractivity contribution in [3.05, 3.63) is 69.3 Å². The van der Waals surface area contributed by atoms with Crippen LogP contribution in [0.25, 0.3) is 22.1 Å². The van der Waals surface area contributed by atoms with Gasteiger partial charge in [0.05, 0.1) is 9.85 Å². The highest BCUT2D eigenvalue weighted by molar-refractivity contribution is 5.78. The maximum atomic E-state index is 10.6. The van der Waals surface area contributed by atoms with E-state index in [1.54, 1.807) is 18.3 Å². The molecule has 1 N–H and O–H groups in total. The van der Waals surface area contributed by atoms with E-state index in [0.29, 0.717) is 11.6 Å². The molecule has 4 aromatic heterocycles. The number of H-pyrrole nitrogens is 1. The van der Waals surface area contributed by atoms with Crippen molar-refractivity contribution >= 4 is 33.4 Å². The second kappa shape index (κ2) is 7.82. The van der Waals surface area contributed by atoms with Gasteiger partial charge in [0.25, 0.3) is 11.4 Å². The van der Waals surface area contributed by atoms with Gasteiger partial charge in [0.1, 0.15) is 23.7 Å². The molecular formula is C18H18N6O4. The molecule has 4 heterocycles. The van der Waals surface area contributed by atoms with Gasteiger partial charge >= 0.3 is 0 Å². The van der Waals surface area contributed by atoms with Crippen LogP contribution < -0.4 is 0 Å². The highest BCUT2D eigenvalue weighted by Gasteiger charge is 2.10. The number of nitro groups is 2. The van der Waals surface area contributed by atoms with E-state index in [4.69, 9.17) is 0 Å². The topological polar surface area (TPSA) is 133 Å². The van der Waals surface area contributed by atoms with E-state index in [-0.39, 0.29) is 11.4 Å². The van der Waals surface area contributed by atoms with E-state index >= 15 is 0 Å². The monoisotopic (exact) mass is 382 g/mol. The fraction of sp³-hybridized carbons (Fsp3) is 0.222. The van der Waals surface area contributed by atoms with Gasteiger partial charge in [-0.2, -0.15) is 0 Å². The first-order valence-electron chi connectivity index (χ1n) is 8.52. The average Bonchev–Trinajstić information content (AvgIpc) is 3.27. The number of nitrogens with zero attached hydrogens (tertiary/aromatic N) is 5. The molecule has 10 nitrogen and oxygen atoms in total. The normalized spacial score (nSPS) is 10.8. The molecule has 0 aliphatic rings. The number of nitrogens with one attached hydrogen (secondary N) is 1. The van der Waals surface area contributed by atoms with Crippen LogP contribution in [0.3, 0.4) is 0 Å². The van der Waals surface area contributed by atoms with Crippen LogP contribution in [0.4, 0.5) is 11.4 Å². The standard InChI is InChI=1S/C11H13N3O2.C7H5N3O2/c1-8(2)7-13-4-3-9-5-10(14(15)16)6-12-11(9)13;11-10(12)6-3-5-1-2-8-7(5)9-4-6/h3-6,8H,7H2,1-2H3;1-4H,(H,8,9). The molecule has 0 atom stereocenters. The Bertz CT molecular complexity index is 1150. The van der Waals surface area contributed by atoms with Crippen molar-refractivity contribution in [3.8, 4) is 0 Å². The molecular weight excluding hydrogens is 364 g/mol. The zero-order valence-electron chi connectivity index (χ0n) is 15.3. The van der Waals surface area contributed by atoms with Crippen molar-refractivity contribution < 1.29 is 9.85 Å². The smallest absolute Gasteiger partial charge is 0.288 e. The minimum atomic E-state index is -0.459. The van der Waals surface area contributed by atoms with Crippen molar-refractivity contribution in [2.75, 3.05) is 0 Å². The average molecular weight is 382 g/mol. The van der Waals surface area contributed by atoms with Gasteiger partial charge in [-0.15, -0.1) is 0 Å². The first kappa shape index (κ1) is 19.0. The van der Waals surface area contributed by atoms with Crippen LogP contribution in [-0.2, 0) is 6.54 Å². The minimum absolute atomic E-state index is 0.0158. The summed E-state index contributed by atoms with van der Waals surface area (Å²) in [6.45, 7) is 5.11. The molecule has 4 aromatic rings. The zero-order valence-corrected chi connectivity index (χ0v) is 15.3. The lowest BCUT2D eigenvalue weighted by Crippen LogP contribution is -2.03. The Balaban J connectivity index is 0.000000167. The van der Waals surface area contributed by atoms with Gasteiger partial charge in [-0.05, 0) is 18.1 Å². The van der Waals surface area contributed by atoms with Crippen LogP contribution in [0, 0.1) is 26.1 Å². The molecule has 0 saturated heterocycles. The van der Waals surface area contributed by atoms with E-state index in [9.17, 15) is 20.2 Å². The summed E-state index contributed by atoms with van der Waals surface area (Å²) in [5, 5.41) is 22.5. The maximum absolute atomic E-state index is 10.6. The van der Waals surface area contributed by atoms with Crippen LogP contribution in [0.15, 0.2) is 49.1 Å². The first-order valence-corrected chi connectivity index (χ1v) is 8.52. The molecule has 0 aliphatic carbocycles. The predicted molar refractivity (Wildman–Crippen MR) is 104 cm³/mol. The molecule has 4 rings (SSSR count). The molecule has 0 radical (unpaired) electrons. The Morgan fingerprint density at radius 1 is 1.04 bits per heavy atom. The number of fused-ring (bicyclic) bond motifs is 2. The Kier molecular flexibility index (Phi) is 5.30. The lowest BCUT2D eigenvalue weighted by Gasteiger charge is -2.06. The second-order valence-corrected chi connectivity index (χ2v) is 6.59. The molecule has 0 aliphatic heterocycles. The number of aromatic nitrogens is 4. The zero-order chi connectivity index (χ0) is 20.3. The predicted octanol–water partition coefficient (Wildman–Crippen LogP) is 4.07. The molecule has 0 amide bonds. The SMILES string of the molecule is CC(C)Cn1ccc2cc([N+](=O)[O-])cnc21.O=[N+]([O-])c1cnc2[nH]ccc2c1. The summed E-state index contributed by atoms with van der Waals surface area (Å²) in [5.41, 5.74) is 1.52. The number of aromatic amines is 1. The maximum Gasteiger partial charge on any atom is 0.288 e. The van der Waals surface area contributed by atoms with E-state index in [1.807, 2.05) is 16.8 Å². The quantitative estimate of drug-likeness (QED) is 0.418. The summed E-state index contributed by atoms with van der Waals surface area (Å²) in [6, 6.07) is 6.64. The fourth-order valence-electron chi connectivity index (χ4n) is 2.74. The van der Waals surface area contributed by atoms with E-state index < -0.39 is 9.85 Å². The summed E-state index contributed by atoms with van der Waals surface area (Å²) in [4.78, 5) is 30.9. The number of pyridine rings is 2. The number of rotatable bonds is 4. The fourth-order valence-corrected chi connectivity index (χ4v) is 2.74. The molecule has 0 unspecified atom stereocenters. The van der Waals surface area contributed by atoms with Crippen molar-refractivity contribution in [1.82, 2.24) is 19.5 Å². The van der Waals surface area contributed by atoms with Crippen molar-refractivity contribution in [2.45, 2.75) is 20.4 Å². The Morgan fingerprint density at radius 3 is 2.32 bits per heavy atom. The molecule has 0 spiro atoms. The third kappa shape index (κ3) is 4.11. The van der Waals surface area contributed by atoms with Crippen LogP contribution in [0.1, 0.15) is 13.8 Å². The third-order valence-corrected chi connectivity index (χ3v) is 3.96. The minimum Gasteiger partial charge on any atom is -0.346 e. The summed E-state index contributed by atoms with van der Waals surface area (Å²) < 4.78 is 2.02. The highest BCUT2D eigenvalue weighted by atomic mass is 16.6. The van der Waals surface area contributed by atoms with Crippen molar-refractivity contribution in [2.24, 2.45) is 5.92 Å². The van der Waals surface area contributed by atoms with Crippen LogP contribution >= 0.6 is 0 Å². The van der Waals surface area contributed by atoms with Crippen LogP contribution in [0.2, 0.25) is 0 Å². The molecule has 0 fully saturated rings. The van der Waals surface area contributed by atoms with Crippen LogP contribution in [0.5, 0.6) is 0 Å². The number of hydrogen-bond donors (Lipinski definition) is 1. The highest BCUT2D eigenvalue weighted by Crippen LogP contribution is 2.20. The molecule has 28 heavy (non-hydrogen) atoms. The van der Waals surface area contributed by atoms with Crippen LogP contribution in [-0.4, -0.2) is 29.4 Å². The molecule has 10 heteroatoms. The lowest BCUT2D eigenvalue weighted by molar-refractivity contribution is -0.385. The summed E-state index contributed by atoms with van der Waals surface area (Å²) in [6.07, 6.45) is 6.15. The first-order chi connectivity index (χ1) is 13.3. The second-order valence-electron chi connectivity index (χ2n) is 6.59. The Morgan fingerprint density at radius 2 is 1.68 bits per heavy atom. The van der Waals surface area contributed by atoms with Gasteiger partial charge in [0.15, 0.2) is 0 Å². The van der Waals surface area contributed by atoms with E-state index in [1.165, 1.54) is 18.5 Å². The van der Waals surface area contributed by atoms with Gasteiger partial charge < -0.3 is 9.55 Å². The third-order valence-electron chi connectivity index (χ3n) is 3.96. The summed E-state index contributed by atoms with van der Waals surface area (Å²) >= 11 is 0. The van der Waals surface area contributed by atoms with E-state index in [0.717, 1.165) is 23.0 Å². The Labute approximate surface area is 159 Å². The van der Waals surface area contributed by atoms with Gasteiger partial charge in [-0.1, -0.05) is 13.8 Å². The molecule has 0 bridgehead atoms. The largest absolute Gasteiger partial charge is 0.346 e. The van der Waals surface area contributed by atoms with Gasteiger partial charge in [-0.3, -0.25) is 20.2 Å². The van der Waals surface area contributed by atoms with Gasteiger partial charge in [-0.25, -0.2) is 9.97 Å². The Hall–Kier alpha value is -3.82. The lowest BCUT2D eigenvalue weighted by atomic mass is 10.2.